The lowest BCUT2D eigenvalue weighted by Gasteiger charge is -2.12. The second-order valence-corrected chi connectivity index (χ2v) is 8.31. The Bertz CT molecular complexity index is 1320. The van der Waals surface area contributed by atoms with Crippen molar-refractivity contribution < 1.29 is 36.4 Å². The summed E-state index contributed by atoms with van der Waals surface area (Å²) in [6.07, 6.45) is 0. The fraction of sp³-hybridized carbons (Fsp3) is 0.0952. The second kappa shape index (κ2) is 10.1. The van der Waals surface area contributed by atoms with Crippen molar-refractivity contribution >= 4 is 33.0 Å². The highest BCUT2D eigenvalue weighted by atomic mass is 32.2. The molecule has 0 atom stereocenters. The van der Waals surface area contributed by atoms with Crippen LogP contribution < -0.4 is 19.5 Å². The van der Waals surface area contributed by atoms with Crippen LogP contribution in [0.4, 0.5) is 25.8 Å². The van der Waals surface area contributed by atoms with Crippen LogP contribution in [0.1, 0.15) is 10.4 Å². The lowest BCUT2D eigenvalue weighted by Crippen LogP contribution is -2.16. The Kier molecular flexibility index (Phi) is 7.26. The standard InChI is InChI=1S/C21H17F2N3O7S/c1-32-19-10-7-15(26(28)29)12-18(19)25-34(30,31)17-4-2-3-13(11-17)20(27)24-14-5-8-16(9-6-14)33-21(22)23/h2-12,21,25H,1H3,(H,24,27). The average molecular weight is 493 g/mol. The van der Waals surface area contributed by atoms with E-state index < -0.39 is 27.5 Å². The number of benzene rings is 3. The Morgan fingerprint density at radius 2 is 1.76 bits per heavy atom. The highest BCUT2D eigenvalue weighted by molar-refractivity contribution is 7.92. The van der Waals surface area contributed by atoms with Gasteiger partial charge in [-0.25, -0.2) is 8.42 Å². The van der Waals surface area contributed by atoms with E-state index in [-0.39, 0.29) is 39.0 Å². The van der Waals surface area contributed by atoms with Crippen molar-refractivity contribution in [3.8, 4) is 11.5 Å². The van der Waals surface area contributed by atoms with Gasteiger partial charge in [0.15, 0.2) is 0 Å². The molecule has 0 aromatic heterocycles. The number of hydrogen-bond donors (Lipinski definition) is 2. The molecule has 0 aliphatic heterocycles. The Morgan fingerprint density at radius 1 is 1.06 bits per heavy atom. The molecule has 0 bridgehead atoms. The van der Waals surface area contributed by atoms with Gasteiger partial charge in [-0.3, -0.25) is 19.6 Å². The fourth-order valence-corrected chi connectivity index (χ4v) is 3.93. The van der Waals surface area contributed by atoms with Crippen molar-refractivity contribution in [2.24, 2.45) is 0 Å². The Labute approximate surface area is 192 Å². The topological polar surface area (TPSA) is 137 Å². The lowest BCUT2D eigenvalue weighted by molar-refractivity contribution is -0.384. The number of nitrogens with zero attached hydrogens (tertiary/aromatic N) is 1. The van der Waals surface area contributed by atoms with Crippen LogP contribution in [-0.2, 0) is 10.0 Å². The molecule has 0 heterocycles. The molecule has 0 saturated carbocycles. The third-order valence-corrected chi connectivity index (χ3v) is 5.75. The number of nitrogens with one attached hydrogen (secondary N) is 2. The molecule has 3 rings (SSSR count). The van der Waals surface area contributed by atoms with E-state index in [0.717, 1.165) is 18.2 Å². The summed E-state index contributed by atoms with van der Waals surface area (Å²) in [5.41, 5.74) is -0.254. The molecule has 3 aromatic carbocycles. The van der Waals surface area contributed by atoms with Crippen molar-refractivity contribution in [2.75, 3.05) is 17.1 Å². The number of ether oxygens (including phenoxy) is 2. The number of sulfonamides is 1. The highest BCUT2D eigenvalue weighted by Crippen LogP contribution is 2.31. The normalized spacial score (nSPS) is 11.1. The van der Waals surface area contributed by atoms with Crippen LogP contribution in [0.15, 0.2) is 71.6 Å². The monoisotopic (exact) mass is 493 g/mol. The summed E-state index contributed by atoms with van der Waals surface area (Å²) in [5.74, 6) is -0.696. The van der Waals surface area contributed by atoms with Crippen molar-refractivity contribution in [2.45, 2.75) is 11.5 Å². The minimum absolute atomic E-state index is 0.0122. The number of carbonyl (C=O) groups excluding carboxylic acids is 1. The molecule has 0 saturated heterocycles. The number of hydrogen-bond acceptors (Lipinski definition) is 7. The first kappa shape index (κ1) is 24.4. The maximum absolute atomic E-state index is 12.9. The lowest BCUT2D eigenvalue weighted by atomic mass is 10.2. The van der Waals surface area contributed by atoms with Gasteiger partial charge in [0.05, 0.1) is 22.6 Å². The van der Waals surface area contributed by atoms with Gasteiger partial charge in [0.1, 0.15) is 11.5 Å². The third kappa shape index (κ3) is 5.95. The zero-order valence-electron chi connectivity index (χ0n) is 17.4. The van der Waals surface area contributed by atoms with Crippen LogP contribution in [0, 0.1) is 10.1 Å². The number of non-ortho nitro benzene ring substituents is 1. The number of rotatable bonds is 9. The Hall–Kier alpha value is -4.26. The summed E-state index contributed by atoms with van der Waals surface area (Å²) in [7, 11) is -2.98. The Balaban J connectivity index is 1.81. The van der Waals surface area contributed by atoms with Crippen LogP contribution >= 0.6 is 0 Å². The zero-order valence-corrected chi connectivity index (χ0v) is 18.2. The van der Waals surface area contributed by atoms with Crippen LogP contribution in [0.3, 0.4) is 0 Å². The predicted octanol–water partition coefficient (Wildman–Crippen LogP) is 4.26. The van der Waals surface area contributed by atoms with E-state index in [1.807, 2.05) is 0 Å². The summed E-state index contributed by atoms with van der Waals surface area (Å²) in [5, 5.41) is 13.5. The quantitative estimate of drug-likeness (QED) is 0.336. The maximum Gasteiger partial charge on any atom is 0.387 e. The molecule has 2 N–H and O–H groups in total. The van der Waals surface area contributed by atoms with E-state index in [1.165, 1.54) is 55.6 Å². The van der Waals surface area contributed by atoms with Crippen molar-refractivity contribution in [1.82, 2.24) is 0 Å². The number of amides is 1. The molecular weight excluding hydrogens is 476 g/mol. The van der Waals surface area contributed by atoms with Gasteiger partial charge >= 0.3 is 6.61 Å². The van der Waals surface area contributed by atoms with E-state index in [1.54, 1.807) is 0 Å². The Morgan fingerprint density at radius 3 is 2.38 bits per heavy atom. The number of anilines is 2. The SMILES string of the molecule is COc1ccc([N+](=O)[O-])cc1NS(=O)(=O)c1cccc(C(=O)Nc2ccc(OC(F)F)cc2)c1. The second-order valence-electron chi connectivity index (χ2n) is 6.63. The minimum Gasteiger partial charge on any atom is -0.495 e. The van der Waals surface area contributed by atoms with E-state index in [2.05, 4.69) is 14.8 Å². The summed E-state index contributed by atoms with van der Waals surface area (Å²) in [6.45, 7) is -2.99. The molecule has 3 aromatic rings. The molecule has 0 spiro atoms. The van der Waals surface area contributed by atoms with Gasteiger partial charge in [-0.1, -0.05) is 6.07 Å². The molecule has 178 valence electrons. The first-order valence-corrected chi connectivity index (χ1v) is 10.9. The van der Waals surface area contributed by atoms with Gasteiger partial charge in [0.2, 0.25) is 0 Å². The van der Waals surface area contributed by atoms with E-state index in [4.69, 9.17) is 4.74 Å². The summed E-state index contributed by atoms with van der Waals surface area (Å²) in [6, 6.07) is 13.6. The number of methoxy groups -OCH3 is 1. The molecule has 34 heavy (non-hydrogen) atoms. The van der Waals surface area contributed by atoms with Crippen LogP contribution in [0.25, 0.3) is 0 Å². The zero-order chi connectivity index (χ0) is 24.9. The molecule has 0 aliphatic rings. The van der Waals surface area contributed by atoms with Gasteiger partial charge in [-0.15, -0.1) is 0 Å². The molecule has 0 fully saturated rings. The van der Waals surface area contributed by atoms with Crippen molar-refractivity contribution in [1.29, 1.82) is 0 Å². The smallest absolute Gasteiger partial charge is 0.387 e. The highest BCUT2D eigenvalue weighted by Gasteiger charge is 2.20. The van der Waals surface area contributed by atoms with Gasteiger partial charge in [-0.2, -0.15) is 8.78 Å². The molecule has 0 unspecified atom stereocenters. The molecule has 13 heteroatoms. The van der Waals surface area contributed by atoms with Gasteiger partial charge in [0, 0.05) is 23.4 Å². The van der Waals surface area contributed by atoms with Gasteiger partial charge in [0.25, 0.3) is 21.6 Å². The number of nitro groups is 1. The summed E-state index contributed by atoms with van der Waals surface area (Å²) in [4.78, 5) is 22.6. The number of nitro benzene ring substituents is 1. The van der Waals surface area contributed by atoms with Crippen LogP contribution in [-0.4, -0.2) is 33.0 Å². The van der Waals surface area contributed by atoms with Gasteiger partial charge in [-0.05, 0) is 48.5 Å². The molecule has 1 amide bonds. The number of carbonyl (C=O) groups is 1. The van der Waals surface area contributed by atoms with Gasteiger partial charge < -0.3 is 14.8 Å². The fourth-order valence-electron chi connectivity index (χ4n) is 2.82. The summed E-state index contributed by atoms with van der Waals surface area (Å²) >= 11 is 0. The molecule has 0 aliphatic carbocycles. The third-order valence-electron chi connectivity index (χ3n) is 4.38. The van der Waals surface area contributed by atoms with Crippen molar-refractivity contribution in [3.63, 3.8) is 0 Å². The number of halogens is 2. The molecular formula is C21H17F2N3O7S. The van der Waals surface area contributed by atoms with Crippen molar-refractivity contribution in [3.05, 3.63) is 82.4 Å². The maximum atomic E-state index is 12.9. The molecule has 0 radical (unpaired) electrons. The largest absolute Gasteiger partial charge is 0.495 e. The molecule has 10 nitrogen and oxygen atoms in total. The first-order valence-electron chi connectivity index (χ1n) is 9.40. The summed E-state index contributed by atoms with van der Waals surface area (Å²) < 4.78 is 61.7. The predicted molar refractivity (Wildman–Crippen MR) is 118 cm³/mol. The first-order chi connectivity index (χ1) is 16.1. The van der Waals surface area contributed by atoms with E-state index in [0.29, 0.717) is 0 Å². The average Bonchev–Trinajstić information content (AvgIpc) is 2.79. The van der Waals surface area contributed by atoms with E-state index in [9.17, 15) is 32.1 Å². The number of alkyl halides is 2. The van der Waals surface area contributed by atoms with Crippen LogP contribution in [0.2, 0.25) is 0 Å². The van der Waals surface area contributed by atoms with Crippen LogP contribution in [0.5, 0.6) is 11.5 Å². The minimum atomic E-state index is -4.25. The van der Waals surface area contributed by atoms with E-state index >= 15 is 0 Å².